The molecule has 1 amide bonds. The highest BCUT2D eigenvalue weighted by Gasteiger charge is 2.47. The van der Waals surface area contributed by atoms with Crippen LogP contribution in [0.3, 0.4) is 0 Å². The van der Waals surface area contributed by atoms with E-state index in [2.05, 4.69) is 48.5 Å². The molecule has 4 N–H and O–H groups in total. The van der Waals surface area contributed by atoms with E-state index in [4.69, 9.17) is 21.1 Å². The molecule has 0 aliphatic carbocycles. The summed E-state index contributed by atoms with van der Waals surface area (Å²) >= 11 is 6.07. The molecule has 6 rings (SSSR count). The Labute approximate surface area is 252 Å². The van der Waals surface area contributed by atoms with Gasteiger partial charge in [-0.15, -0.1) is 0 Å². The number of benzene rings is 2. The van der Waals surface area contributed by atoms with Crippen LogP contribution < -0.4 is 10.6 Å². The van der Waals surface area contributed by atoms with E-state index >= 15 is 0 Å². The Balaban J connectivity index is 1.16. The molecule has 4 atom stereocenters. The zero-order valence-corrected chi connectivity index (χ0v) is 24.2. The van der Waals surface area contributed by atoms with Gasteiger partial charge in [-0.25, -0.2) is 15.0 Å². The van der Waals surface area contributed by atoms with E-state index in [9.17, 15) is 15.0 Å². The second-order valence-corrected chi connectivity index (χ2v) is 10.8. The topological polar surface area (TPSA) is 149 Å². The maximum Gasteiger partial charge on any atom is 0.252 e. The number of aromatic nitrogens is 5. The molecule has 1 aliphatic rings. The van der Waals surface area contributed by atoms with E-state index in [-0.39, 0.29) is 6.54 Å². The van der Waals surface area contributed by atoms with Gasteiger partial charge in [0.2, 0.25) is 0 Å². The smallest absolute Gasteiger partial charge is 0.252 e. The fraction of sp³-hybridized carbons (Fsp3) is 0.333. The van der Waals surface area contributed by atoms with Crippen LogP contribution in [-0.4, -0.2) is 85.3 Å². The van der Waals surface area contributed by atoms with Crippen LogP contribution in [0.5, 0.6) is 0 Å². The maximum atomic E-state index is 12.5. The average Bonchev–Trinajstić information content (AvgIpc) is 3.69. The molecule has 12 nitrogen and oxygen atoms in total. The summed E-state index contributed by atoms with van der Waals surface area (Å²) in [5.74, 6) is -0.0161. The number of fused-ring (bicyclic) bond motifs is 2. The summed E-state index contributed by atoms with van der Waals surface area (Å²) in [6.07, 6.45) is 0.657. The molecule has 1 fully saturated rings. The van der Waals surface area contributed by atoms with Crippen molar-refractivity contribution in [3.63, 3.8) is 0 Å². The summed E-state index contributed by atoms with van der Waals surface area (Å²) < 4.78 is 14.5. The third-order valence-corrected chi connectivity index (χ3v) is 7.81. The monoisotopic (exact) mass is 605 g/mol. The van der Waals surface area contributed by atoms with E-state index in [0.29, 0.717) is 35.2 Å². The van der Waals surface area contributed by atoms with Gasteiger partial charge >= 0.3 is 0 Å². The van der Waals surface area contributed by atoms with E-state index in [1.807, 2.05) is 36.4 Å². The quantitative estimate of drug-likeness (QED) is 0.167. The van der Waals surface area contributed by atoms with Gasteiger partial charge in [-0.1, -0.05) is 41.9 Å². The molecule has 43 heavy (non-hydrogen) atoms. The summed E-state index contributed by atoms with van der Waals surface area (Å²) in [6, 6.07) is 16.2. The van der Waals surface area contributed by atoms with Crippen molar-refractivity contribution in [2.75, 3.05) is 32.1 Å². The highest BCUT2D eigenvalue weighted by Crippen LogP contribution is 2.32. The fourth-order valence-corrected chi connectivity index (χ4v) is 5.53. The molecule has 4 heterocycles. The second-order valence-electron chi connectivity index (χ2n) is 10.4. The van der Waals surface area contributed by atoms with Crippen LogP contribution in [0.25, 0.3) is 22.1 Å². The summed E-state index contributed by atoms with van der Waals surface area (Å²) in [5.41, 5.74) is 4.38. The summed E-state index contributed by atoms with van der Waals surface area (Å²) in [7, 11) is 1.52. The number of amides is 1. The van der Waals surface area contributed by atoms with Crippen LogP contribution in [0.1, 0.15) is 17.4 Å². The third kappa shape index (κ3) is 5.92. The maximum absolute atomic E-state index is 12.5. The van der Waals surface area contributed by atoms with Gasteiger partial charge in [-0.05, 0) is 35.7 Å². The number of methoxy groups -OCH3 is 1. The summed E-state index contributed by atoms with van der Waals surface area (Å²) in [4.78, 5) is 25.7. The van der Waals surface area contributed by atoms with Gasteiger partial charge in [0.05, 0.1) is 12.9 Å². The first kappa shape index (κ1) is 29.0. The van der Waals surface area contributed by atoms with Crippen molar-refractivity contribution >= 4 is 45.4 Å². The van der Waals surface area contributed by atoms with Gasteiger partial charge in [0.25, 0.3) is 5.91 Å². The molecule has 224 valence electrons. The van der Waals surface area contributed by atoms with Crippen LogP contribution >= 0.6 is 11.6 Å². The number of para-hydroxylation sites is 1. The molecular weight excluding hydrogens is 574 g/mol. The number of halogens is 1. The largest absolute Gasteiger partial charge is 0.387 e. The van der Waals surface area contributed by atoms with Crippen molar-refractivity contribution < 1.29 is 24.5 Å². The van der Waals surface area contributed by atoms with E-state index in [1.54, 1.807) is 0 Å². The minimum Gasteiger partial charge on any atom is -0.387 e. The molecule has 0 bridgehead atoms. The first-order valence-corrected chi connectivity index (χ1v) is 14.3. The molecule has 0 saturated carbocycles. The minimum atomic E-state index is -1.42. The number of carbonyl (C=O) groups excluding carboxylic acids is 1. The average molecular weight is 606 g/mol. The van der Waals surface area contributed by atoms with Crippen molar-refractivity contribution in [3.8, 4) is 0 Å². The zero-order chi connectivity index (χ0) is 29.9. The van der Waals surface area contributed by atoms with Gasteiger partial charge in [-0.3, -0.25) is 9.36 Å². The molecule has 3 aromatic heterocycles. The second kappa shape index (κ2) is 12.7. The molecule has 0 radical (unpaired) electrons. The van der Waals surface area contributed by atoms with Crippen molar-refractivity contribution in [2.45, 2.75) is 37.5 Å². The number of carbonyl (C=O) groups is 1. The van der Waals surface area contributed by atoms with E-state index in [0.717, 1.165) is 24.0 Å². The number of imidazole rings is 1. The Hall–Kier alpha value is -4.07. The number of aliphatic hydroxyl groups is 2. The van der Waals surface area contributed by atoms with Gasteiger partial charge in [0, 0.05) is 48.9 Å². The van der Waals surface area contributed by atoms with Crippen LogP contribution in [0.4, 0.5) is 5.82 Å². The lowest BCUT2D eigenvalue weighted by molar-refractivity contribution is -0.137. The zero-order valence-electron chi connectivity index (χ0n) is 23.4. The number of hydrogen-bond donors (Lipinski definition) is 4. The molecule has 5 aromatic rings. The van der Waals surface area contributed by atoms with Crippen LogP contribution in [0.15, 0.2) is 67.4 Å². The molecule has 1 aliphatic heterocycles. The summed E-state index contributed by atoms with van der Waals surface area (Å²) in [5, 5.41) is 29.1. The standard InChI is InChI=1S/C30H32ClN7O5/c1-42-13-12-33-29(41)26-24(39)25(40)30(43-26)38-17-36-23-27(34-16-35-28(23)38)32-11-10-19-15-37(22-5-3-2-4-21(19)22)14-18-6-8-20(31)9-7-18/h2-9,15-17,24-26,30,39-40H,10-14H2,1H3,(H,33,41)(H,32,34,35)/t24-,25+,26-,30+/m0/s1. The highest BCUT2D eigenvalue weighted by molar-refractivity contribution is 6.30. The SMILES string of the molecule is COCCNC(=O)[C@H]1O[C@@H](n2cnc3c(NCCc4cn(Cc5ccc(Cl)cc5)c5ccccc45)ncnc32)[C@H](O)[C@@H]1O. The lowest BCUT2D eigenvalue weighted by Gasteiger charge is -2.16. The van der Waals surface area contributed by atoms with Gasteiger partial charge in [0.1, 0.15) is 18.5 Å². The van der Waals surface area contributed by atoms with Gasteiger partial charge < -0.3 is 34.9 Å². The van der Waals surface area contributed by atoms with E-state index < -0.39 is 30.4 Å². The number of ether oxygens (including phenoxy) is 2. The molecule has 2 aromatic carbocycles. The molecule has 13 heteroatoms. The lowest BCUT2D eigenvalue weighted by Crippen LogP contribution is -2.43. The Morgan fingerprint density at radius 1 is 1.07 bits per heavy atom. The molecule has 0 unspecified atom stereocenters. The van der Waals surface area contributed by atoms with Gasteiger partial charge in [-0.2, -0.15) is 0 Å². The first-order chi connectivity index (χ1) is 20.9. The molecular formula is C30H32ClN7O5. The van der Waals surface area contributed by atoms with Crippen LogP contribution in [0, 0.1) is 0 Å². The lowest BCUT2D eigenvalue weighted by atomic mass is 10.1. The van der Waals surface area contributed by atoms with Crippen molar-refractivity contribution in [1.29, 1.82) is 0 Å². The van der Waals surface area contributed by atoms with Crippen LogP contribution in [0.2, 0.25) is 5.02 Å². The normalized spacial score (nSPS) is 20.2. The number of hydrogen-bond acceptors (Lipinski definition) is 9. The predicted octanol–water partition coefficient (Wildman–Crippen LogP) is 2.52. The molecule has 0 spiro atoms. The third-order valence-electron chi connectivity index (χ3n) is 7.56. The van der Waals surface area contributed by atoms with Crippen molar-refractivity contribution in [2.24, 2.45) is 0 Å². The molecule has 1 saturated heterocycles. The fourth-order valence-electron chi connectivity index (χ4n) is 5.41. The minimum absolute atomic E-state index is 0.252. The van der Waals surface area contributed by atoms with E-state index in [1.165, 1.54) is 35.3 Å². The number of aliphatic hydroxyl groups excluding tert-OH is 2. The van der Waals surface area contributed by atoms with Crippen LogP contribution in [-0.2, 0) is 27.2 Å². The first-order valence-electron chi connectivity index (χ1n) is 14.0. The predicted molar refractivity (Wildman–Crippen MR) is 161 cm³/mol. The summed E-state index contributed by atoms with van der Waals surface area (Å²) in [6.45, 7) is 1.88. The Morgan fingerprint density at radius 2 is 1.88 bits per heavy atom. The number of nitrogens with zero attached hydrogens (tertiary/aromatic N) is 5. The Bertz CT molecular complexity index is 1720. The van der Waals surface area contributed by atoms with Crippen molar-refractivity contribution in [1.82, 2.24) is 29.4 Å². The van der Waals surface area contributed by atoms with Crippen molar-refractivity contribution in [3.05, 3.63) is 83.5 Å². The Kier molecular flexibility index (Phi) is 8.54. The number of rotatable bonds is 11. The number of nitrogens with one attached hydrogen (secondary N) is 2. The van der Waals surface area contributed by atoms with Gasteiger partial charge in [0.15, 0.2) is 29.3 Å². The highest BCUT2D eigenvalue weighted by atomic mass is 35.5. The Morgan fingerprint density at radius 3 is 2.70 bits per heavy atom. The number of anilines is 1.